The third-order valence-electron chi connectivity index (χ3n) is 8.53. The summed E-state index contributed by atoms with van der Waals surface area (Å²) in [7, 11) is -2.77. The Morgan fingerprint density at radius 1 is 0.705 bits per heavy atom. The fourth-order valence-electron chi connectivity index (χ4n) is 6.44. The van der Waals surface area contributed by atoms with Crippen LogP contribution in [0.25, 0.3) is 0 Å². The largest absolute Gasteiger partial charge is 0.405 e. The van der Waals surface area contributed by atoms with Crippen LogP contribution in [0, 0.1) is 3.70 Å². The topological polar surface area (TPSA) is 45.5 Å². The summed E-state index contributed by atoms with van der Waals surface area (Å²) in [5, 5.41) is 2.39. The highest BCUT2D eigenvalue weighted by Gasteiger charge is 2.52. The molecule has 226 valence electrons. The SMILES string of the molecule is CC(C)(C)[Si](OC[C@@H]1[C@@H](OCc2ccccc2)[C@H](OCc2ccccc2)c2c(I)ncn21)(c1ccccc1)c1ccccc1. The lowest BCUT2D eigenvalue weighted by Gasteiger charge is -2.44. The highest BCUT2D eigenvalue weighted by molar-refractivity contribution is 14.1. The second-order valence-corrected chi connectivity index (χ2v) is 17.7. The van der Waals surface area contributed by atoms with E-state index in [2.05, 4.69) is 145 Å². The lowest BCUT2D eigenvalue weighted by Crippen LogP contribution is -2.67. The van der Waals surface area contributed by atoms with Crippen molar-refractivity contribution in [2.75, 3.05) is 6.61 Å². The molecule has 0 N–H and O–H groups in total. The molecule has 0 aliphatic carbocycles. The molecule has 0 radical (unpaired) electrons. The number of fused-ring (bicyclic) bond motifs is 1. The first kappa shape index (κ1) is 30.9. The molecule has 3 atom stereocenters. The van der Waals surface area contributed by atoms with Crippen LogP contribution in [0.15, 0.2) is 128 Å². The normalized spacial score (nSPS) is 18.3. The van der Waals surface area contributed by atoms with Gasteiger partial charge in [-0.15, -0.1) is 0 Å². The minimum atomic E-state index is -2.77. The van der Waals surface area contributed by atoms with Crippen molar-refractivity contribution in [3.05, 3.63) is 148 Å². The molecule has 0 amide bonds. The number of aromatic nitrogens is 2. The summed E-state index contributed by atoms with van der Waals surface area (Å²) >= 11 is 2.33. The molecule has 1 aliphatic heterocycles. The van der Waals surface area contributed by atoms with Crippen molar-refractivity contribution < 1.29 is 13.9 Å². The molecule has 6 rings (SSSR count). The zero-order valence-corrected chi connectivity index (χ0v) is 28.6. The third kappa shape index (κ3) is 6.21. The average molecular weight is 715 g/mol. The van der Waals surface area contributed by atoms with Gasteiger partial charge < -0.3 is 18.5 Å². The molecule has 0 saturated carbocycles. The van der Waals surface area contributed by atoms with E-state index in [1.54, 1.807) is 0 Å². The Morgan fingerprint density at radius 3 is 1.68 bits per heavy atom. The Bertz CT molecular complexity index is 1590. The average Bonchev–Trinajstić information content (AvgIpc) is 3.57. The number of ether oxygens (including phenoxy) is 2. The highest BCUT2D eigenvalue weighted by atomic mass is 127. The molecule has 0 saturated heterocycles. The van der Waals surface area contributed by atoms with E-state index >= 15 is 0 Å². The van der Waals surface area contributed by atoms with Gasteiger partial charge in [0.15, 0.2) is 0 Å². The Kier molecular flexibility index (Phi) is 9.49. The number of imidazole rings is 1. The van der Waals surface area contributed by atoms with Gasteiger partial charge in [-0.25, -0.2) is 4.98 Å². The van der Waals surface area contributed by atoms with E-state index in [9.17, 15) is 0 Å². The van der Waals surface area contributed by atoms with E-state index < -0.39 is 8.32 Å². The summed E-state index contributed by atoms with van der Waals surface area (Å²) in [6, 6.07) is 42.1. The summed E-state index contributed by atoms with van der Waals surface area (Å²) in [5.74, 6) is 0. The van der Waals surface area contributed by atoms with Crippen molar-refractivity contribution >= 4 is 41.3 Å². The summed E-state index contributed by atoms with van der Waals surface area (Å²) in [5.41, 5.74) is 3.31. The maximum Gasteiger partial charge on any atom is 0.261 e. The van der Waals surface area contributed by atoms with E-state index in [0.29, 0.717) is 19.8 Å². The highest BCUT2D eigenvalue weighted by Crippen LogP contribution is 2.44. The van der Waals surface area contributed by atoms with Gasteiger partial charge in [0.1, 0.15) is 15.9 Å². The van der Waals surface area contributed by atoms with Gasteiger partial charge >= 0.3 is 0 Å². The lowest BCUT2D eigenvalue weighted by atomic mass is 10.1. The van der Waals surface area contributed by atoms with Crippen LogP contribution in [0.4, 0.5) is 0 Å². The predicted octanol–water partition coefficient (Wildman–Crippen LogP) is 7.46. The Hall–Kier alpha value is -3.08. The molecule has 7 heteroatoms. The van der Waals surface area contributed by atoms with Gasteiger partial charge in [0.05, 0.1) is 37.9 Å². The van der Waals surface area contributed by atoms with Crippen LogP contribution in [0.2, 0.25) is 5.04 Å². The smallest absolute Gasteiger partial charge is 0.261 e. The Morgan fingerprint density at radius 2 is 1.18 bits per heavy atom. The molecule has 0 fully saturated rings. The van der Waals surface area contributed by atoms with E-state index in [-0.39, 0.29) is 23.3 Å². The predicted molar refractivity (Wildman–Crippen MR) is 187 cm³/mol. The summed E-state index contributed by atoms with van der Waals surface area (Å²) in [6.45, 7) is 8.39. The van der Waals surface area contributed by atoms with Crippen LogP contribution in [0.1, 0.15) is 49.7 Å². The fourth-order valence-corrected chi connectivity index (χ4v) is 11.7. The van der Waals surface area contributed by atoms with E-state index in [0.717, 1.165) is 20.5 Å². The number of hydrogen-bond acceptors (Lipinski definition) is 4. The molecule has 1 aliphatic rings. The second kappa shape index (κ2) is 13.5. The van der Waals surface area contributed by atoms with Crippen LogP contribution >= 0.6 is 22.6 Å². The molecular formula is C37H39IN2O3Si. The molecule has 5 nitrogen and oxygen atoms in total. The van der Waals surface area contributed by atoms with E-state index in [1.807, 2.05) is 30.6 Å². The van der Waals surface area contributed by atoms with Crippen molar-refractivity contribution in [1.82, 2.24) is 9.55 Å². The zero-order chi connectivity index (χ0) is 30.6. The zero-order valence-electron chi connectivity index (χ0n) is 25.5. The maximum atomic E-state index is 7.46. The number of nitrogens with zero attached hydrogens (tertiary/aromatic N) is 2. The lowest BCUT2D eigenvalue weighted by molar-refractivity contribution is -0.0959. The molecule has 4 aromatic carbocycles. The molecule has 0 spiro atoms. The Balaban J connectivity index is 1.38. The molecule has 0 unspecified atom stereocenters. The summed E-state index contributed by atoms with van der Waals surface area (Å²) in [4.78, 5) is 4.73. The van der Waals surface area contributed by atoms with Gasteiger partial charge in [-0.2, -0.15) is 0 Å². The molecular weight excluding hydrogens is 675 g/mol. The van der Waals surface area contributed by atoms with Crippen LogP contribution in [-0.4, -0.2) is 30.6 Å². The van der Waals surface area contributed by atoms with Gasteiger partial charge in [-0.3, -0.25) is 0 Å². The standard InChI is InChI=1S/C37H39IN2O3Si/c1-37(2,3)44(30-20-12-6-13-21-30,31-22-14-7-15-23-31)43-26-32-34(41-24-28-16-8-4-9-17-28)35(33-36(38)39-27-40(32)33)42-25-29-18-10-5-11-19-29/h4-23,27,32,34-35H,24-26H2,1-3H3/t32-,34-,35-/m1/s1. The van der Waals surface area contributed by atoms with Crippen molar-refractivity contribution in [2.24, 2.45) is 0 Å². The maximum absolute atomic E-state index is 7.46. The molecule has 1 aromatic heterocycles. The van der Waals surface area contributed by atoms with Crippen LogP contribution in [0.3, 0.4) is 0 Å². The monoisotopic (exact) mass is 714 g/mol. The van der Waals surface area contributed by atoms with E-state index in [1.165, 1.54) is 10.4 Å². The Labute approximate surface area is 275 Å². The van der Waals surface area contributed by atoms with Crippen molar-refractivity contribution in [2.45, 2.75) is 57.3 Å². The van der Waals surface area contributed by atoms with Gasteiger partial charge in [0.2, 0.25) is 0 Å². The van der Waals surface area contributed by atoms with Gasteiger partial charge in [0.25, 0.3) is 8.32 Å². The van der Waals surface area contributed by atoms with E-state index in [4.69, 9.17) is 18.9 Å². The first-order valence-corrected chi connectivity index (χ1v) is 18.2. The van der Waals surface area contributed by atoms with Crippen molar-refractivity contribution in [3.63, 3.8) is 0 Å². The number of hydrogen-bond donors (Lipinski definition) is 0. The van der Waals surface area contributed by atoms with Crippen molar-refractivity contribution in [3.8, 4) is 0 Å². The molecule has 2 heterocycles. The number of rotatable bonds is 11. The van der Waals surface area contributed by atoms with Crippen LogP contribution in [-0.2, 0) is 27.1 Å². The third-order valence-corrected chi connectivity index (χ3v) is 14.4. The van der Waals surface area contributed by atoms with Gasteiger partial charge in [0, 0.05) is 0 Å². The summed E-state index contributed by atoms with van der Waals surface area (Å²) < 4.78 is 24.2. The quantitative estimate of drug-likeness (QED) is 0.105. The van der Waals surface area contributed by atoms with Gasteiger partial charge in [-0.1, -0.05) is 142 Å². The number of halogens is 1. The minimum absolute atomic E-state index is 0.118. The first-order chi connectivity index (χ1) is 21.4. The summed E-state index contributed by atoms with van der Waals surface area (Å²) in [6.07, 6.45) is 1.38. The van der Waals surface area contributed by atoms with Crippen molar-refractivity contribution in [1.29, 1.82) is 0 Å². The van der Waals surface area contributed by atoms with Gasteiger partial charge in [-0.05, 0) is 49.1 Å². The second-order valence-electron chi connectivity index (χ2n) is 12.3. The minimum Gasteiger partial charge on any atom is -0.405 e. The molecule has 0 bridgehead atoms. The molecule has 44 heavy (non-hydrogen) atoms. The first-order valence-electron chi connectivity index (χ1n) is 15.2. The van der Waals surface area contributed by atoms with Crippen LogP contribution < -0.4 is 10.4 Å². The fraction of sp³-hybridized carbons (Fsp3) is 0.270. The van der Waals surface area contributed by atoms with Crippen LogP contribution in [0.5, 0.6) is 0 Å². The molecule has 5 aromatic rings. The number of benzene rings is 4.